The van der Waals surface area contributed by atoms with Crippen molar-refractivity contribution in [2.45, 2.75) is 26.0 Å². The minimum Gasteiger partial charge on any atom is -0.508 e. The number of carbonyl (C=O) groups is 1. The van der Waals surface area contributed by atoms with Crippen LogP contribution < -0.4 is 10.1 Å². The van der Waals surface area contributed by atoms with Crippen LogP contribution in [0, 0.1) is 0 Å². The Balaban J connectivity index is 2.44. The van der Waals surface area contributed by atoms with E-state index >= 15 is 0 Å². The van der Waals surface area contributed by atoms with Gasteiger partial charge in [-0.1, -0.05) is 23.2 Å². The van der Waals surface area contributed by atoms with Crippen molar-refractivity contribution < 1.29 is 19.4 Å². The standard InChI is InChI=1S/C18H19Cl2NO4/c1-10(2)25-18(23)17(13-9-12(24-3)5-7-16(13)22)21-15-6-4-11(19)8-14(15)20/h4-10,17,21-22H,1-3H3. The van der Waals surface area contributed by atoms with Crippen molar-refractivity contribution in [3.05, 3.63) is 52.0 Å². The fraction of sp³-hybridized carbons (Fsp3) is 0.278. The molecule has 0 aliphatic heterocycles. The number of phenolic OH excluding ortho intramolecular Hbond substituents is 1. The Labute approximate surface area is 156 Å². The maximum absolute atomic E-state index is 12.6. The lowest BCUT2D eigenvalue weighted by Crippen LogP contribution is -2.26. The lowest BCUT2D eigenvalue weighted by Gasteiger charge is -2.22. The lowest BCUT2D eigenvalue weighted by molar-refractivity contribution is -0.148. The molecule has 5 nitrogen and oxygen atoms in total. The molecule has 0 aromatic heterocycles. The predicted molar refractivity (Wildman–Crippen MR) is 98.7 cm³/mol. The van der Waals surface area contributed by atoms with E-state index in [0.29, 0.717) is 27.0 Å². The molecule has 1 unspecified atom stereocenters. The van der Waals surface area contributed by atoms with E-state index in [-0.39, 0.29) is 11.9 Å². The first-order valence-electron chi connectivity index (χ1n) is 7.60. The third-order valence-electron chi connectivity index (χ3n) is 3.36. The van der Waals surface area contributed by atoms with Gasteiger partial charge in [0.2, 0.25) is 0 Å². The molecule has 1 atom stereocenters. The molecule has 2 aromatic carbocycles. The van der Waals surface area contributed by atoms with Crippen molar-refractivity contribution in [3.8, 4) is 11.5 Å². The second kappa shape index (κ2) is 8.32. The summed E-state index contributed by atoms with van der Waals surface area (Å²) in [5.74, 6) is -0.118. The van der Waals surface area contributed by atoms with Gasteiger partial charge < -0.3 is 19.9 Å². The Bertz CT molecular complexity index is 765. The van der Waals surface area contributed by atoms with Crippen LogP contribution in [0.1, 0.15) is 25.5 Å². The molecule has 0 radical (unpaired) electrons. The van der Waals surface area contributed by atoms with Crippen LogP contribution in [0.3, 0.4) is 0 Å². The Morgan fingerprint density at radius 1 is 1.16 bits per heavy atom. The Morgan fingerprint density at radius 3 is 2.48 bits per heavy atom. The second-order valence-electron chi connectivity index (χ2n) is 5.61. The summed E-state index contributed by atoms with van der Waals surface area (Å²) in [7, 11) is 1.50. The van der Waals surface area contributed by atoms with Crippen LogP contribution in [-0.4, -0.2) is 24.3 Å². The van der Waals surface area contributed by atoms with Gasteiger partial charge in [0.15, 0.2) is 6.04 Å². The predicted octanol–water partition coefficient (Wildman–Crippen LogP) is 4.81. The first-order valence-corrected chi connectivity index (χ1v) is 8.36. The van der Waals surface area contributed by atoms with E-state index in [1.165, 1.54) is 13.2 Å². The second-order valence-corrected chi connectivity index (χ2v) is 6.46. The number of phenols is 1. The van der Waals surface area contributed by atoms with Crippen LogP contribution in [0.2, 0.25) is 10.0 Å². The van der Waals surface area contributed by atoms with Gasteiger partial charge >= 0.3 is 5.97 Å². The SMILES string of the molecule is COc1ccc(O)c(C(Nc2ccc(Cl)cc2Cl)C(=O)OC(C)C)c1. The zero-order valence-electron chi connectivity index (χ0n) is 14.0. The summed E-state index contributed by atoms with van der Waals surface area (Å²) in [6.07, 6.45) is -0.315. The molecule has 0 saturated heterocycles. The fourth-order valence-electron chi connectivity index (χ4n) is 2.22. The smallest absolute Gasteiger partial charge is 0.333 e. The van der Waals surface area contributed by atoms with Crippen LogP contribution in [0.5, 0.6) is 11.5 Å². The monoisotopic (exact) mass is 383 g/mol. The summed E-state index contributed by atoms with van der Waals surface area (Å²) >= 11 is 12.1. The number of esters is 1. The molecule has 0 amide bonds. The van der Waals surface area contributed by atoms with Crippen molar-refractivity contribution in [1.29, 1.82) is 0 Å². The molecule has 0 heterocycles. The van der Waals surface area contributed by atoms with E-state index in [4.69, 9.17) is 32.7 Å². The quantitative estimate of drug-likeness (QED) is 0.700. The van der Waals surface area contributed by atoms with E-state index < -0.39 is 12.0 Å². The number of carbonyl (C=O) groups excluding carboxylic acids is 1. The number of nitrogens with one attached hydrogen (secondary N) is 1. The van der Waals surface area contributed by atoms with E-state index in [2.05, 4.69) is 5.32 Å². The molecular weight excluding hydrogens is 365 g/mol. The molecular formula is C18H19Cl2NO4. The largest absolute Gasteiger partial charge is 0.508 e. The van der Waals surface area contributed by atoms with Gasteiger partial charge in [-0.2, -0.15) is 0 Å². The fourth-order valence-corrected chi connectivity index (χ4v) is 2.68. The van der Waals surface area contributed by atoms with Gasteiger partial charge in [0.25, 0.3) is 0 Å². The van der Waals surface area contributed by atoms with E-state index in [1.807, 2.05) is 0 Å². The third-order valence-corrected chi connectivity index (χ3v) is 3.91. The maximum Gasteiger partial charge on any atom is 0.333 e. The average Bonchev–Trinajstić information content (AvgIpc) is 2.54. The summed E-state index contributed by atoms with van der Waals surface area (Å²) in [6, 6.07) is 8.49. The molecule has 2 aromatic rings. The number of hydrogen-bond donors (Lipinski definition) is 2. The topological polar surface area (TPSA) is 67.8 Å². The molecule has 0 spiro atoms. The molecule has 0 bridgehead atoms. The average molecular weight is 384 g/mol. The van der Waals surface area contributed by atoms with Crippen LogP contribution in [0.25, 0.3) is 0 Å². The number of aromatic hydroxyl groups is 1. The van der Waals surface area contributed by atoms with E-state index in [1.54, 1.807) is 44.2 Å². The van der Waals surface area contributed by atoms with Crippen LogP contribution in [0.4, 0.5) is 5.69 Å². The summed E-state index contributed by atoms with van der Waals surface area (Å²) in [6.45, 7) is 3.49. The highest BCUT2D eigenvalue weighted by Crippen LogP contribution is 2.34. The first kappa shape index (κ1) is 19.2. The van der Waals surface area contributed by atoms with Gasteiger partial charge in [0.05, 0.1) is 23.9 Å². The maximum atomic E-state index is 12.6. The molecule has 7 heteroatoms. The highest BCUT2D eigenvalue weighted by molar-refractivity contribution is 6.36. The van der Waals surface area contributed by atoms with Gasteiger partial charge in [-0.15, -0.1) is 0 Å². The minimum atomic E-state index is -0.976. The number of rotatable bonds is 6. The molecule has 2 N–H and O–H groups in total. The molecule has 25 heavy (non-hydrogen) atoms. The Morgan fingerprint density at radius 2 is 1.88 bits per heavy atom. The van der Waals surface area contributed by atoms with Crippen LogP contribution >= 0.6 is 23.2 Å². The summed E-state index contributed by atoms with van der Waals surface area (Å²) < 4.78 is 10.5. The summed E-state index contributed by atoms with van der Waals surface area (Å²) in [5.41, 5.74) is 0.801. The molecule has 0 aliphatic rings. The first-order chi connectivity index (χ1) is 11.8. The number of halogens is 2. The van der Waals surface area contributed by atoms with Gasteiger partial charge in [-0.3, -0.25) is 0 Å². The molecule has 2 rings (SSSR count). The lowest BCUT2D eigenvalue weighted by atomic mass is 10.0. The highest BCUT2D eigenvalue weighted by Gasteiger charge is 2.27. The van der Waals surface area contributed by atoms with Crippen molar-refractivity contribution in [2.24, 2.45) is 0 Å². The van der Waals surface area contributed by atoms with Gasteiger partial charge in [-0.25, -0.2) is 4.79 Å². The van der Waals surface area contributed by atoms with Gasteiger partial charge in [-0.05, 0) is 50.2 Å². The summed E-state index contributed by atoms with van der Waals surface area (Å²) in [5, 5.41) is 14.0. The number of hydrogen-bond acceptors (Lipinski definition) is 5. The van der Waals surface area contributed by atoms with Crippen LogP contribution in [0.15, 0.2) is 36.4 Å². The highest BCUT2D eigenvalue weighted by atomic mass is 35.5. The molecule has 134 valence electrons. The minimum absolute atomic E-state index is 0.0657. The Kier molecular flexibility index (Phi) is 6.39. The van der Waals surface area contributed by atoms with Crippen molar-refractivity contribution in [1.82, 2.24) is 0 Å². The Hall–Kier alpha value is -2.11. The van der Waals surface area contributed by atoms with Crippen LogP contribution in [-0.2, 0) is 9.53 Å². The number of methoxy groups -OCH3 is 1. The van der Waals surface area contributed by atoms with E-state index in [9.17, 15) is 9.90 Å². The third kappa shape index (κ3) is 4.94. The number of anilines is 1. The molecule has 0 saturated carbocycles. The zero-order chi connectivity index (χ0) is 18.6. The number of benzene rings is 2. The van der Waals surface area contributed by atoms with Crippen molar-refractivity contribution >= 4 is 34.9 Å². The van der Waals surface area contributed by atoms with Crippen molar-refractivity contribution in [3.63, 3.8) is 0 Å². The molecule has 0 fully saturated rings. The van der Waals surface area contributed by atoms with E-state index in [0.717, 1.165) is 0 Å². The van der Waals surface area contributed by atoms with Gasteiger partial charge in [0.1, 0.15) is 11.5 Å². The normalized spacial score (nSPS) is 11.9. The van der Waals surface area contributed by atoms with Gasteiger partial charge in [0, 0.05) is 10.6 Å². The molecule has 0 aliphatic carbocycles. The summed E-state index contributed by atoms with van der Waals surface area (Å²) in [4.78, 5) is 12.6. The van der Waals surface area contributed by atoms with Crippen molar-refractivity contribution in [2.75, 3.05) is 12.4 Å². The zero-order valence-corrected chi connectivity index (χ0v) is 15.6. The number of ether oxygens (including phenoxy) is 2.